The molecule has 1 heterocycles. The monoisotopic (exact) mass is 352 g/mol. The van der Waals surface area contributed by atoms with Crippen LogP contribution in [0.1, 0.15) is 33.6 Å². The zero-order valence-corrected chi connectivity index (χ0v) is 14.0. The molecule has 24 heavy (non-hydrogen) atoms. The zero-order chi connectivity index (χ0) is 18.5. The maximum absolute atomic E-state index is 12.1. The molecule has 2 amide bonds. The number of esters is 1. The number of likely N-dealkylation sites (tertiary alicyclic amines) is 1. The van der Waals surface area contributed by atoms with Gasteiger partial charge in [-0.25, -0.2) is 0 Å². The minimum Gasteiger partial charge on any atom is -0.455 e. The maximum Gasteiger partial charge on any atom is 0.405 e. The van der Waals surface area contributed by atoms with E-state index in [0.717, 1.165) is 0 Å². The molecule has 0 aromatic carbocycles. The molecule has 1 N–H and O–H groups in total. The standard InChI is InChI=1S/C15H23F3N2O4/c1-14(2,3)13(23)20-6-4-10(5-7-20)12(22)24-8-11(21)19-9-15(16,17)18/h10H,4-9H2,1-3H3,(H,19,21). The third kappa shape index (κ3) is 6.76. The highest BCUT2D eigenvalue weighted by atomic mass is 19.4. The number of carbonyl (C=O) groups is 3. The Morgan fingerprint density at radius 2 is 1.67 bits per heavy atom. The van der Waals surface area contributed by atoms with Crippen LogP contribution in [0.3, 0.4) is 0 Å². The topological polar surface area (TPSA) is 75.7 Å². The van der Waals surface area contributed by atoms with Gasteiger partial charge in [-0.2, -0.15) is 13.2 Å². The molecule has 0 aromatic heterocycles. The van der Waals surface area contributed by atoms with Crippen molar-refractivity contribution in [3.05, 3.63) is 0 Å². The number of piperidine rings is 1. The summed E-state index contributed by atoms with van der Waals surface area (Å²) in [5.41, 5.74) is -0.496. The van der Waals surface area contributed by atoms with Gasteiger partial charge in [0.15, 0.2) is 6.61 Å². The molecule has 1 aliphatic heterocycles. The van der Waals surface area contributed by atoms with E-state index in [1.807, 2.05) is 20.8 Å². The second-order valence-electron chi connectivity index (χ2n) is 6.82. The SMILES string of the molecule is CC(C)(C)C(=O)N1CCC(C(=O)OCC(=O)NCC(F)(F)F)CC1. The van der Waals surface area contributed by atoms with E-state index in [2.05, 4.69) is 0 Å². The van der Waals surface area contributed by atoms with E-state index in [4.69, 9.17) is 4.74 Å². The van der Waals surface area contributed by atoms with Gasteiger partial charge in [0.1, 0.15) is 6.54 Å². The Hall–Kier alpha value is -1.80. The Bertz CT molecular complexity index is 478. The van der Waals surface area contributed by atoms with Crippen LogP contribution in [-0.4, -0.2) is 55.1 Å². The average molecular weight is 352 g/mol. The Morgan fingerprint density at radius 3 is 2.12 bits per heavy atom. The highest BCUT2D eigenvalue weighted by Crippen LogP contribution is 2.24. The third-order valence-electron chi connectivity index (χ3n) is 3.59. The van der Waals surface area contributed by atoms with Gasteiger partial charge in [0.25, 0.3) is 5.91 Å². The number of alkyl halides is 3. The Morgan fingerprint density at radius 1 is 1.12 bits per heavy atom. The smallest absolute Gasteiger partial charge is 0.405 e. The van der Waals surface area contributed by atoms with E-state index in [-0.39, 0.29) is 5.91 Å². The summed E-state index contributed by atoms with van der Waals surface area (Å²) in [4.78, 5) is 36.8. The summed E-state index contributed by atoms with van der Waals surface area (Å²) in [6.07, 6.45) is -3.69. The molecule has 0 unspecified atom stereocenters. The quantitative estimate of drug-likeness (QED) is 0.778. The lowest BCUT2D eigenvalue weighted by Crippen LogP contribution is -2.45. The lowest BCUT2D eigenvalue weighted by molar-refractivity contribution is -0.157. The van der Waals surface area contributed by atoms with Crippen LogP contribution >= 0.6 is 0 Å². The Balaban J connectivity index is 2.33. The van der Waals surface area contributed by atoms with E-state index in [9.17, 15) is 27.6 Å². The molecule has 0 aliphatic carbocycles. The zero-order valence-electron chi connectivity index (χ0n) is 14.0. The molecule has 0 aromatic rings. The molecule has 0 saturated carbocycles. The Labute approximate surface area is 138 Å². The average Bonchev–Trinajstić information content (AvgIpc) is 2.48. The highest BCUT2D eigenvalue weighted by molar-refractivity contribution is 5.83. The molecule has 1 aliphatic rings. The van der Waals surface area contributed by atoms with Crippen molar-refractivity contribution in [2.24, 2.45) is 11.3 Å². The van der Waals surface area contributed by atoms with E-state index in [1.54, 1.807) is 10.2 Å². The molecule has 6 nitrogen and oxygen atoms in total. The van der Waals surface area contributed by atoms with Gasteiger partial charge in [-0.15, -0.1) is 0 Å². The van der Waals surface area contributed by atoms with E-state index < -0.39 is 42.5 Å². The van der Waals surface area contributed by atoms with Crippen molar-refractivity contribution in [2.45, 2.75) is 39.8 Å². The molecule has 0 spiro atoms. The van der Waals surface area contributed by atoms with Crippen LogP contribution in [0.5, 0.6) is 0 Å². The van der Waals surface area contributed by atoms with Crippen molar-refractivity contribution in [1.82, 2.24) is 10.2 Å². The number of rotatable bonds is 4. The van der Waals surface area contributed by atoms with Crippen molar-refractivity contribution >= 4 is 17.8 Å². The Kier molecular flexibility index (Phi) is 6.62. The largest absolute Gasteiger partial charge is 0.455 e. The summed E-state index contributed by atoms with van der Waals surface area (Å²) in [5, 5.41) is 1.63. The van der Waals surface area contributed by atoms with Crippen LogP contribution in [0, 0.1) is 11.3 Å². The third-order valence-corrected chi connectivity index (χ3v) is 3.59. The minimum absolute atomic E-state index is 0.000783. The fourth-order valence-corrected chi connectivity index (χ4v) is 2.30. The van der Waals surface area contributed by atoms with Gasteiger partial charge in [0.05, 0.1) is 5.92 Å². The number of nitrogens with zero attached hydrogens (tertiary/aromatic N) is 1. The summed E-state index contributed by atoms with van der Waals surface area (Å²) < 4.78 is 40.6. The molecule has 1 rings (SSSR count). The van der Waals surface area contributed by atoms with Crippen LogP contribution in [0.25, 0.3) is 0 Å². The molecule has 1 fully saturated rings. The summed E-state index contributed by atoms with van der Waals surface area (Å²) in [6, 6.07) is 0. The number of ether oxygens (including phenoxy) is 1. The second kappa shape index (κ2) is 7.85. The van der Waals surface area contributed by atoms with Gasteiger partial charge in [0, 0.05) is 18.5 Å². The predicted octanol–water partition coefficient (Wildman–Crippen LogP) is 1.49. The van der Waals surface area contributed by atoms with Crippen LogP contribution < -0.4 is 5.32 Å². The van der Waals surface area contributed by atoms with Crippen molar-refractivity contribution < 1.29 is 32.3 Å². The van der Waals surface area contributed by atoms with E-state index in [0.29, 0.717) is 25.9 Å². The van der Waals surface area contributed by atoms with Gasteiger partial charge in [-0.05, 0) is 12.8 Å². The lowest BCUT2D eigenvalue weighted by atomic mass is 9.91. The van der Waals surface area contributed by atoms with Gasteiger partial charge in [0.2, 0.25) is 5.91 Å². The van der Waals surface area contributed by atoms with Gasteiger partial charge in [-0.1, -0.05) is 20.8 Å². The summed E-state index contributed by atoms with van der Waals surface area (Å²) >= 11 is 0. The molecule has 1 saturated heterocycles. The number of halogens is 3. The van der Waals surface area contributed by atoms with Gasteiger partial charge < -0.3 is 15.0 Å². The van der Waals surface area contributed by atoms with E-state index in [1.165, 1.54) is 0 Å². The number of hydrogen-bond donors (Lipinski definition) is 1. The summed E-state index contributed by atoms with van der Waals surface area (Å²) in [7, 11) is 0. The molecule has 9 heteroatoms. The minimum atomic E-state index is -4.51. The fraction of sp³-hybridized carbons (Fsp3) is 0.800. The normalized spacial score (nSPS) is 16.7. The van der Waals surface area contributed by atoms with Crippen molar-refractivity contribution in [3.8, 4) is 0 Å². The molecular formula is C15H23F3N2O4. The maximum atomic E-state index is 12.1. The molecular weight excluding hydrogens is 329 g/mol. The molecule has 0 bridgehead atoms. The first-order chi connectivity index (χ1) is 10.9. The van der Waals surface area contributed by atoms with Crippen LogP contribution in [0.15, 0.2) is 0 Å². The number of carbonyl (C=O) groups excluding carboxylic acids is 3. The number of amides is 2. The second-order valence-corrected chi connectivity index (χ2v) is 6.82. The molecule has 138 valence electrons. The first kappa shape index (κ1) is 20.2. The number of nitrogens with one attached hydrogen (secondary N) is 1. The first-order valence-electron chi connectivity index (χ1n) is 7.69. The van der Waals surface area contributed by atoms with Crippen LogP contribution in [0.4, 0.5) is 13.2 Å². The van der Waals surface area contributed by atoms with E-state index >= 15 is 0 Å². The van der Waals surface area contributed by atoms with Crippen molar-refractivity contribution in [1.29, 1.82) is 0 Å². The summed E-state index contributed by atoms with van der Waals surface area (Å²) in [6.45, 7) is 4.07. The predicted molar refractivity (Wildman–Crippen MR) is 78.8 cm³/mol. The van der Waals surface area contributed by atoms with Gasteiger partial charge in [-0.3, -0.25) is 14.4 Å². The van der Waals surface area contributed by atoms with Gasteiger partial charge >= 0.3 is 12.1 Å². The molecule has 0 radical (unpaired) electrons. The van der Waals surface area contributed by atoms with Crippen molar-refractivity contribution in [3.63, 3.8) is 0 Å². The molecule has 0 atom stereocenters. The highest BCUT2D eigenvalue weighted by Gasteiger charge is 2.33. The summed E-state index contributed by atoms with van der Waals surface area (Å²) in [5.74, 6) is -2.08. The number of hydrogen-bond acceptors (Lipinski definition) is 4. The lowest BCUT2D eigenvalue weighted by Gasteiger charge is -2.34. The fourth-order valence-electron chi connectivity index (χ4n) is 2.30. The van der Waals surface area contributed by atoms with Crippen LogP contribution in [-0.2, 0) is 19.1 Å². The van der Waals surface area contributed by atoms with Crippen molar-refractivity contribution in [2.75, 3.05) is 26.2 Å². The van der Waals surface area contributed by atoms with Crippen LogP contribution in [0.2, 0.25) is 0 Å². The first-order valence-corrected chi connectivity index (χ1v) is 7.69.